The highest BCUT2D eigenvalue weighted by Gasteiger charge is 2.21. The van der Waals surface area contributed by atoms with Crippen LogP contribution in [-0.4, -0.2) is 40.3 Å². The van der Waals surface area contributed by atoms with Crippen molar-refractivity contribution < 1.29 is 4.79 Å². The molecular formula is C16H22N4O2. The largest absolute Gasteiger partial charge is 0.319 e. The summed E-state index contributed by atoms with van der Waals surface area (Å²) in [6, 6.07) is 9.03. The van der Waals surface area contributed by atoms with E-state index in [4.69, 9.17) is 0 Å². The highest BCUT2D eigenvalue weighted by atomic mass is 16.2. The van der Waals surface area contributed by atoms with E-state index in [1.807, 2.05) is 51.4 Å². The first kappa shape index (κ1) is 16.0. The molecule has 0 unspecified atom stereocenters. The molecule has 0 saturated heterocycles. The van der Waals surface area contributed by atoms with Gasteiger partial charge < -0.3 is 5.32 Å². The molecule has 22 heavy (non-hydrogen) atoms. The minimum Gasteiger partial charge on any atom is -0.319 e. The van der Waals surface area contributed by atoms with E-state index in [1.54, 1.807) is 28.2 Å². The van der Waals surface area contributed by atoms with Gasteiger partial charge in [-0.3, -0.25) is 19.2 Å². The molecule has 0 saturated carbocycles. The lowest BCUT2D eigenvalue weighted by molar-refractivity contribution is -0.119. The smallest absolute Gasteiger partial charge is 0.295 e. The van der Waals surface area contributed by atoms with Crippen LogP contribution in [0.4, 0.5) is 5.69 Å². The Bertz CT molecular complexity index is 729. The van der Waals surface area contributed by atoms with E-state index in [1.165, 1.54) is 0 Å². The second-order valence-electron chi connectivity index (χ2n) is 5.57. The number of aromatic nitrogens is 2. The van der Waals surface area contributed by atoms with Crippen LogP contribution in [0.5, 0.6) is 0 Å². The summed E-state index contributed by atoms with van der Waals surface area (Å²) < 4.78 is 3.29. The zero-order chi connectivity index (χ0) is 16.4. The molecule has 6 nitrogen and oxygen atoms in total. The Morgan fingerprint density at radius 2 is 1.82 bits per heavy atom. The topological polar surface area (TPSA) is 59.3 Å². The van der Waals surface area contributed by atoms with Crippen molar-refractivity contribution in [3.63, 3.8) is 0 Å². The second kappa shape index (κ2) is 6.19. The lowest BCUT2D eigenvalue weighted by atomic mass is 10.2. The van der Waals surface area contributed by atoms with Crippen molar-refractivity contribution in [2.45, 2.75) is 19.9 Å². The standard InChI is InChI=1S/C16H22N4O2/c1-11-14(17-15(21)12(2)18(3)4)16(22)20(19(11)5)13-9-7-6-8-10-13/h6-10,12H,1-5H3,(H,17,21)/t12-/m0/s1. The summed E-state index contributed by atoms with van der Waals surface area (Å²) in [6.07, 6.45) is 0. The minimum absolute atomic E-state index is 0.198. The Morgan fingerprint density at radius 1 is 1.23 bits per heavy atom. The van der Waals surface area contributed by atoms with Crippen LogP contribution in [0.1, 0.15) is 12.6 Å². The summed E-state index contributed by atoms with van der Waals surface area (Å²) >= 11 is 0. The lowest BCUT2D eigenvalue weighted by Gasteiger charge is -2.18. The Hall–Kier alpha value is -2.34. The van der Waals surface area contributed by atoms with Crippen molar-refractivity contribution in [2.75, 3.05) is 19.4 Å². The van der Waals surface area contributed by atoms with Gasteiger partial charge in [0.05, 0.1) is 17.4 Å². The molecule has 2 rings (SSSR count). The third-order valence-corrected chi connectivity index (χ3v) is 3.96. The Kier molecular flexibility index (Phi) is 4.51. The van der Waals surface area contributed by atoms with Gasteiger partial charge in [-0.1, -0.05) is 18.2 Å². The van der Waals surface area contributed by atoms with E-state index in [0.29, 0.717) is 11.4 Å². The highest BCUT2D eigenvalue weighted by molar-refractivity contribution is 5.94. The van der Waals surface area contributed by atoms with Gasteiger partial charge in [0.15, 0.2) is 0 Å². The number of nitrogens with one attached hydrogen (secondary N) is 1. The molecule has 1 heterocycles. The molecule has 0 aliphatic carbocycles. The predicted octanol–water partition coefficient (Wildman–Crippen LogP) is 1.37. The van der Waals surface area contributed by atoms with Gasteiger partial charge in [-0.05, 0) is 40.1 Å². The van der Waals surface area contributed by atoms with Crippen molar-refractivity contribution in [3.8, 4) is 5.69 Å². The molecule has 2 aromatic rings. The fraction of sp³-hybridized carbons (Fsp3) is 0.375. The molecule has 0 bridgehead atoms. The summed E-state index contributed by atoms with van der Waals surface area (Å²) in [5.41, 5.74) is 1.57. The van der Waals surface area contributed by atoms with E-state index in [9.17, 15) is 9.59 Å². The van der Waals surface area contributed by atoms with Crippen molar-refractivity contribution >= 4 is 11.6 Å². The van der Waals surface area contributed by atoms with Gasteiger partial charge in [-0.25, -0.2) is 4.68 Å². The van der Waals surface area contributed by atoms with Crippen molar-refractivity contribution in [3.05, 3.63) is 46.4 Å². The first-order chi connectivity index (χ1) is 10.3. The fourth-order valence-electron chi connectivity index (χ4n) is 2.17. The maximum Gasteiger partial charge on any atom is 0.295 e. The fourth-order valence-corrected chi connectivity index (χ4v) is 2.17. The van der Waals surface area contributed by atoms with Crippen LogP contribution in [0.2, 0.25) is 0 Å². The number of likely N-dealkylation sites (N-methyl/N-ethyl adjacent to an activating group) is 1. The minimum atomic E-state index is -0.316. The van der Waals surface area contributed by atoms with Crippen LogP contribution in [0.3, 0.4) is 0 Å². The summed E-state index contributed by atoms with van der Waals surface area (Å²) in [5.74, 6) is -0.198. The molecule has 6 heteroatoms. The number of hydrogen-bond donors (Lipinski definition) is 1. The normalized spacial score (nSPS) is 12.5. The third-order valence-electron chi connectivity index (χ3n) is 3.96. The molecule has 0 fully saturated rings. The molecule has 1 atom stereocenters. The van der Waals surface area contributed by atoms with Crippen LogP contribution >= 0.6 is 0 Å². The van der Waals surface area contributed by atoms with Gasteiger partial charge in [-0.15, -0.1) is 0 Å². The van der Waals surface area contributed by atoms with Crippen molar-refractivity contribution in [1.29, 1.82) is 0 Å². The number of carbonyl (C=O) groups is 1. The van der Waals surface area contributed by atoms with E-state index >= 15 is 0 Å². The van der Waals surface area contributed by atoms with Crippen molar-refractivity contribution in [1.82, 2.24) is 14.3 Å². The molecule has 1 aromatic carbocycles. The first-order valence-corrected chi connectivity index (χ1v) is 7.16. The number of amides is 1. The van der Waals surface area contributed by atoms with Gasteiger partial charge >= 0.3 is 0 Å². The predicted molar refractivity (Wildman–Crippen MR) is 87.5 cm³/mol. The number of para-hydroxylation sites is 1. The monoisotopic (exact) mass is 302 g/mol. The average molecular weight is 302 g/mol. The lowest BCUT2D eigenvalue weighted by Crippen LogP contribution is -2.38. The molecular weight excluding hydrogens is 280 g/mol. The number of anilines is 1. The van der Waals surface area contributed by atoms with E-state index in [-0.39, 0.29) is 17.5 Å². The number of carbonyl (C=O) groups excluding carboxylic acids is 1. The molecule has 0 spiro atoms. The molecule has 118 valence electrons. The van der Waals surface area contributed by atoms with Crippen LogP contribution in [0, 0.1) is 6.92 Å². The van der Waals surface area contributed by atoms with Gasteiger partial charge in [-0.2, -0.15) is 0 Å². The second-order valence-corrected chi connectivity index (χ2v) is 5.57. The summed E-state index contributed by atoms with van der Waals surface area (Å²) in [4.78, 5) is 26.7. The van der Waals surface area contributed by atoms with Crippen LogP contribution in [0.25, 0.3) is 5.69 Å². The molecule has 1 N–H and O–H groups in total. The Morgan fingerprint density at radius 3 is 2.36 bits per heavy atom. The molecule has 0 radical (unpaired) electrons. The van der Waals surface area contributed by atoms with E-state index in [2.05, 4.69) is 5.32 Å². The maximum absolute atomic E-state index is 12.7. The number of hydrogen-bond acceptors (Lipinski definition) is 3. The SMILES string of the molecule is Cc1c(NC(=O)[C@H](C)N(C)C)c(=O)n(-c2ccccc2)n1C. The van der Waals surface area contributed by atoms with Gasteiger partial charge in [0.25, 0.3) is 5.56 Å². The average Bonchev–Trinajstić information content (AvgIpc) is 2.71. The number of benzene rings is 1. The van der Waals surface area contributed by atoms with E-state index < -0.39 is 0 Å². The van der Waals surface area contributed by atoms with Crippen LogP contribution in [0.15, 0.2) is 35.1 Å². The molecule has 0 aliphatic rings. The van der Waals surface area contributed by atoms with Crippen LogP contribution in [-0.2, 0) is 11.8 Å². The molecule has 1 amide bonds. The molecule has 0 aliphatic heterocycles. The number of nitrogens with zero attached hydrogens (tertiary/aromatic N) is 3. The Labute approximate surface area is 129 Å². The van der Waals surface area contributed by atoms with E-state index in [0.717, 1.165) is 5.69 Å². The van der Waals surface area contributed by atoms with Gasteiger partial charge in [0, 0.05) is 7.05 Å². The van der Waals surface area contributed by atoms with Gasteiger partial charge in [0.1, 0.15) is 5.69 Å². The van der Waals surface area contributed by atoms with Crippen molar-refractivity contribution in [2.24, 2.45) is 7.05 Å². The zero-order valence-electron chi connectivity index (χ0n) is 13.6. The zero-order valence-corrected chi connectivity index (χ0v) is 13.6. The molecule has 1 aromatic heterocycles. The third kappa shape index (κ3) is 2.82. The quantitative estimate of drug-likeness (QED) is 0.928. The Balaban J connectivity index is 2.44. The van der Waals surface area contributed by atoms with Crippen LogP contribution < -0.4 is 10.9 Å². The summed E-state index contributed by atoms with van der Waals surface area (Å²) in [6.45, 7) is 3.61. The van der Waals surface area contributed by atoms with Gasteiger partial charge in [0.2, 0.25) is 5.91 Å². The summed E-state index contributed by atoms with van der Waals surface area (Å²) in [7, 11) is 5.45. The summed E-state index contributed by atoms with van der Waals surface area (Å²) in [5, 5.41) is 2.76. The highest BCUT2D eigenvalue weighted by Crippen LogP contribution is 2.14. The first-order valence-electron chi connectivity index (χ1n) is 7.16. The maximum atomic E-state index is 12.7. The number of rotatable bonds is 4.